The number of methoxy groups -OCH3 is 1. The topological polar surface area (TPSA) is 67.9 Å². The number of amides is 2. The van der Waals surface area contributed by atoms with Crippen molar-refractivity contribution in [3.63, 3.8) is 0 Å². The lowest BCUT2D eigenvalue weighted by atomic mass is 10.0. The summed E-state index contributed by atoms with van der Waals surface area (Å²) in [5.74, 6) is 0.0571. The standard InChI is InChI=1S/C24H28N2O4/c1-5-11-30-20-8-6-18(7-9-20)21-22(24(28)26(23(21)27)10-12-29-4)25-19-14-16(2)13-17(3)15-19/h6-9,13-15,25H,5,10-12H2,1-4H3. The molecule has 0 aliphatic carbocycles. The number of rotatable bonds is 9. The van der Waals surface area contributed by atoms with Crippen molar-refractivity contribution in [2.24, 2.45) is 0 Å². The quantitative estimate of drug-likeness (QED) is 0.637. The lowest BCUT2D eigenvalue weighted by molar-refractivity contribution is -0.137. The largest absolute Gasteiger partial charge is 0.494 e. The summed E-state index contributed by atoms with van der Waals surface area (Å²) in [7, 11) is 1.54. The molecule has 0 aromatic heterocycles. The van der Waals surface area contributed by atoms with E-state index >= 15 is 0 Å². The van der Waals surface area contributed by atoms with Crippen molar-refractivity contribution in [3.8, 4) is 5.75 Å². The van der Waals surface area contributed by atoms with Crippen LogP contribution >= 0.6 is 0 Å². The Labute approximate surface area is 177 Å². The lowest BCUT2D eigenvalue weighted by Crippen LogP contribution is -2.35. The number of nitrogens with zero attached hydrogens (tertiary/aromatic N) is 1. The maximum absolute atomic E-state index is 13.1. The first-order valence-corrected chi connectivity index (χ1v) is 10.1. The van der Waals surface area contributed by atoms with Crippen molar-refractivity contribution in [1.29, 1.82) is 0 Å². The molecule has 1 heterocycles. The van der Waals surface area contributed by atoms with Gasteiger partial charge in [0.2, 0.25) is 0 Å². The minimum atomic E-state index is -0.350. The zero-order valence-electron chi connectivity index (χ0n) is 18.0. The van der Waals surface area contributed by atoms with Gasteiger partial charge in [0.15, 0.2) is 0 Å². The highest BCUT2D eigenvalue weighted by atomic mass is 16.5. The molecule has 0 saturated heterocycles. The number of hydrogen-bond acceptors (Lipinski definition) is 5. The second-order valence-electron chi connectivity index (χ2n) is 7.38. The molecule has 0 atom stereocenters. The van der Waals surface area contributed by atoms with Crippen molar-refractivity contribution in [2.45, 2.75) is 27.2 Å². The van der Waals surface area contributed by atoms with E-state index in [1.54, 1.807) is 7.11 Å². The third kappa shape index (κ3) is 4.71. The average Bonchev–Trinajstić information content (AvgIpc) is 2.94. The highest BCUT2D eigenvalue weighted by Gasteiger charge is 2.39. The first kappa shape index (κ1) is 21.6. The number of anilines is 1. The molecule has 158 valence electrons. The van der Waals surface area contributed by atoms with Crippen LogP contribution < -0.4 is 10.1 Å². The number of nitrogens with one attached hydrogen (secondary N) is 1. The van der Waals surface area contributed by atoms with Gasteiger partial charge in [0, 0.05) is 12.8 Å². The zero-order valence-corrected chi connectivity index (χ0v) is 18.0. The summed E-state index contributed by atoms with van der Waals surface area (Å²) in [5.41, 5.74) is 4.23. The Balaban J connectivity index is 1.99. The third-order valence-corrected chi connectivity index (χ3v) is 4.79. The van der Waals surface area contributed by atoms with Gasteiger partial charge in [-0.25, -0.2) is 0 Å². The van der Waals surface area contributed by atoms with Gasteiger partial charge in [-0.05, 0) is 61.2 Å². The van der Waals surface area contributed by atoms with Crippen molar-refractivity contribution >= 4 is 23.1 Å². The number of carbonyl (C=O) groups is 2. The van der Waals surface area contributed by atoms with Crippen LogP contribution in [0, 0.1) is 13.8 Å². The first-order chi connectivity index (χ1) is 14.4. The van der Waals surface area contributed by atoms with E-state index in [4.69, 9.17) is 9.47 Å². The molecule has 0 radical (unpaired) electrons. The second-order valence-corrected chi connectivity index (χ2v) is 7.38. The number of hydrogen-bond donors (Lipinski definition) is 1. The zero-order chi connectivity index (χ0) is 21.7. The Hall–Kier alpha value is -3.12. The van der Waals surface area contributed by atoms with Gasteiger partial charge < -0.3 is 14.8 Å². The van der Waals surface area contributed by atoms with Crippen molar-refractivity contribution in [3.05, 3.63) is 64.9 Å². The summed E-state index contributed by atoms with van der Waals surface area (Å²) in [4.78, 5) is 27.5. The van der Waals surface area contributed by atoms with Gasteiger partial charge in [-0.15, -0.1) is 0 Å². The summed E-state index contributed by atoms with van der Waals surface area (Å²) in [5, 5.41) is 3.20. The molecule has 1 aliphatic rings. The van der Waals surface area contributed by atoms with E-state index in [0.717, 1.165) is 29.0 Å². The fraction of sp³-hybridized carbons (Fsp3) is 0.333. The van der Waals surface area contributed by atoms with Crippen LogP contribution in [-0.4, -0.2) is 43.6 Å². The molecule has 0 fully saturated rings. The fourth-order valence-electron chi connectivity index (χ4n) is 3.47. The minimum Gasteiger partial charge on any atom is -0.494 e. The predicted octanol–water partition coefficient (Wildman–Crippen LogP) is 3.93. The number of carbonyl (C=O) groups excluding carboxylic acids is 2. The summed E-state index contributed by atoms with van der Waals surface area (Å²) >= 11 is 0. The molecule has 6 heteroatoms. The molecule has 0 spiro atoms. The van der Waals surface area contributed by atoms with Crippen LogP contribution in [0.5, 0.6) is 5.75 Å². The van der Waals surface area contributed by atoms with Gasteiger partial charge in [0.1, 0.15) is 11.4 Å². The van der Waals surface area contributed by atoms with Gasteiger partial charge in [-0.3, -0.25) is 14.5 Å². The Kier molecular flexibility index (Phi) is 6.90. The van der Waals surface area contributed by atoms with Crippen LogP contribution in [-0.2, 0) is 14.3 Å². The van der Waals surface area contributed by atoms with Crippen molar-refractivity contribution in [2.75, 3.05) is 32.2 Å². The van der Waals surface area contributed by atoms with E-state index in [1.165, 1.54) is 4.90 Å². The Morgan fingerprint density at radius 3 is 2.20 bits per heavy atom. The van der Waals surface area contributed by atoms with Crippen LogP contribution in [0.4, 0.5) is 5.69 Å². The smallest absolute Gasteiger partial charge is 0.278 e. The van der Waals surface area contributed by atoms with Crippen molar-refractivity contribution in [1.82, 2.24) is 4.90 Å². The molecule has 0 unspecified atom stereocenters. The summed E-state index contributed by atoms with van der Waals surface area (Å²) < 4.78 is 10.7. The van der Waals surface area contributed by atoms with E-state index in [-0.39, 0.29) is 30.7 Å². The minimum absolute atomic E-state index is 0.202. The van der Waals surface area contributed by atoms with Crippen LogP contribution in [0.25, 0.3) is 5.57 Å². The molecule has 3 rings (SSSR count). The van der Waals surface area contributed by atoms with E-state index in [2.05, 4.69) is 11.4 Å². The van der Waals surface area contributed by atoms with Gasteiger partial charge >= 0.3 is 0 Å². The van der Waals surface area contributed by atoms with Crippen LogP contribution in [0.2, 0.25) is 0 Å². The SMILES string of the molecule is CCCOc1ccc(C2=C(Nc3cc(C)cc(C)c3)C(=O)N(CCOC)C2=O)cc1. The van der Waals surface area contributed by atoms with E-state index in [1.807, 2.05) is 57.2 Å². The highest BCUT2D eigenvalue weighted by Crippen LogP contribution is 2.31. The maximum Gasteiger partial charge on any atom is 0.278 e. The van der Waals surface area contributed by atoms with E-state index in [9.17, 15) is 9.59 Å². The number of ether oxygens (including phenoxy) is 2. The Morgan fingerprint density at radius 1 is 0.933 bits per heavy atom. The Morgan fingerprint density at radius 2 is 1.60 bits per heavy atom. The molecule has 1 aliphatic heterocycles. The highest BCUT2D eigenvalue weighted by molar-refractivity contribution is 6.36. The Bertz CT molecular complexity index is 943. The molecule has 0 saturated carbocycles. The van der Waals surface area contributed by atoms with Crippen LogP contribution in [0.3, 0.4) is 0 Å². The van der Waals surface area contributed by atoms with E-state index < -0.39 is 0 Å². The fourth-order valence-corrected chi connectivity index (χ4v) is 3.47. The first-order valence-electron chi connectivity index (χ1n) is 10.1. The molecule has 1 N–H and O–H groups in total. The normalized spacial score (nSPS) is 13.9. The van der Waals surface area contributed by atoms with Crippen LogP contribution in [0.1, 0.15) is 30.0 Å². The average molecular weight is 408 g/mol. The predicted molar refractivity (Wildman–Crippen MR) is 117 cm³/mol. The molecule has 6 nitrogen and oxygen atoms in total. The van der Waals surface area contributed by atoms with Gasteiger partial charge in [-0.2, -0.15) is 0 Å². The number of imide groups is 1. The van der Waals surface area contributed by atoms with Gasteiger partial charge in [0.25, 0.3) is 11.8 Å². The maximum atomic E-state index is 13.1. The summed E-state index contributed by atoms with van der Waals surface area (Å²) in [6, 6.07) is 13.2. The van der Waals surface area contributed by atoms with Crippen molar-refractivity contribution < 1.29 is 19.1 Å². The second kappa shape index (κ2) is 9.59. The molecule has 0 bridgehead atoms. The number of benzene rings is 2. The molecule has 2 aromatic carbocycles. The monoisotopic (exact) mass is 408 g/mol. The van der Waals surface area contributed by atoms with Gasteiger partial charge in [-0.1, -0.05) is 25.1 Å². The lowest BCUT2D eigenvalue weighted by Gasteiger charge is -2.14. The molecule has 2 amide bonds. The summed E-state index contributed by atoms with van der Waals surface area (Å²) in [6.07, 6.45) is 0.915. The molecular weight excluding hydrogens is 380 g/mol. The third-order valence-electron chi connectivity index (χ3n) is 4.79. The van der Waals surface area contributed by atoms with Crippen LogP contribution in [0.15, 0.2) is 48.2 Å². The van der Waals surface area contributed by atoms with E-state index in [0.29, 0.717) is 17.7 Å². The molecule has 2 aromatic rings. The number of aryl methyl sites for hydroxylation is 2. The van der Waals surface area contributed by atoms with Gasteiger partial charge in [0.05, 0.1) is 25.3 Å². The molecule has 30 heavy (non-hydrogen) atoms. The molecular formula is C24H28N2O4. The summed E-state index contributed by atoms with van der Waals surface area (Å²) in [6.45, 7) is 7.15.